The molecule has 4 aromatic carbocycles. The normalized spacial score (nSPS) is 20.6. The molecule has 2 saturated heterocycles. The Kier molecular flexibility index (Phi) is 19.3. The smallest absolute Gasteiger partial charge is 0.246 e. The highest BCUT2D eigenvalue weighted by Gasteiger charge is 2.41. The van der Waals surface area contributed by atoms with E-state index in [2.05, 4.69) is 56.2 Å². The van der Waals surface area contributed by atoms with Gasteiger partial charge in [0.2, 0.25) is 35.4 Å². The minimum absolute atomic E-state index is 0.0950. The number of ether oxygens (including phenoxy) is 2. The van der Waals surface area contributed by atoms with Gasteiger partial charge in [-0.05, 0) is 162 Å². The predicted octanol–water partition coefficient (Wildman–Crippen LogP) is 5.34. The molecule has 2 aliphatic carbocycles. The van der Waals surface area contributed by atoms with Crippen LogP contribution in [0.5, 0.6) is 11.5 Å². The zero-order chi connectivity index (χ0) is 53.6. The average Bonchev–Trinajstić information content (AvgIpc) is 4.16. The number of hydrogen-bond donors (Lipinski definition) is 6. The second kappa shape index (κ2) is 26.6. The van der Waals surface area contributed by atoms with E-state index >= 15 is 0 Å². The lowest BCUT2D eigenvalue weighted by atomic mass is 9.87. The van der Waals surface area contributed by atoms with Gasteiger partial charge in [-0.2, -0.15) is 0 Å². The number of benzene rings is 4. The highest BCUT2D eigenvalue weighted by molar-refractivity contribution is 5.95. The van der Waals surface area contributed by atoms with Crippen LogP contribution in [0.4, 0.5) is 0 Å². The number of carbonyl (C=O) groups is 6. The summed E-state index contributed by atoms with van der Waals surface area (Å²) < 4.78 is 12.0. The van der Waals surface area contributed by atoms with Crippen molar-refractivity contribution in [1.82, 2.24) is 41.7 Å². The number of hydrogen-bond acceptors (Lipinski definition) is 10. The Hall–Kier alpha value is -7.04. The van der Waals surface area contributed by atoms with Crippen molar-refractivity contribution in [3.63, 3.8) is 0 Å². The van der Waals surface area contributed by atoms with Crippen molar-refractivity contribution >= 4 is 35.4 Å². The second-order valence-electron chi connectivity index (χ2n) is 20.6. The zero-order valence-electron chi connectivity index (χ0n) is 44.5. The maximum atomic E-state index is 14.3. The minimum atomic E-state index is -0.876. The van der Waals surface area contributed by atoms with Crippen LogP contribution >= 0.6 is 0 Å². The van der Waals surface area contributed by atoms with Gasteiger partial charge in [0.05, 0.1) is 24.2 Å². The monoisotopic (exact) mass is 1040 g/mol. The Morgan fingerprint density at radius 2 is 0.934 bits per heavy atom. The number of nitrogens with one attached hydrogen (secondary N) is 6. The molecule has 76 heavy (non-hydrogen) atoms. The molecular formula is C60H76N8O8. The Labute approximate surface area is 447 Å². The summed E-state index contributed by atoms with van der Waals surface area (Å²) in [6.45, 7) is 4.92. The third-order valence-electron chi connectivity index (χ3n) is 15.5. The van der Waals surface area contributed by atoms with Gasteiger partial charge in [0.1, 0.15) is 48.9 Å². The van der Waals surface area contributed by atoms with E-state index < -0.39 is 36.3 Å². The van der Waals surface area contributed by atoms with Crippen molar-refractivity contribution in [3.05, 3.63) is 143 Å². The molecule has 6 amide bonds. The largest absolute Gasteiger partial charge is 0.490 e. The van der Waals surface area contributed by atoms with Crippen LogP contribution in [-0.4, -0.2) is 122 Å². The van der Waals surface area contributed by atoms with Crippen LogP contribution in [0.15, 0.2) is 109 Å². The van der Waals surface area contributed by atoms with E-state index in [9.17, 15) is 28.8 Å². The van der Waals surface area contributed by atoms with E-state index in [1.54, 1.807) is 37.7 Å². The average molecular weight is 1040 g/mol. The number of fused-ring (bicyclic) bond motifs is 2. The lowest BCUT2D eigenvalue weighted by Gasteiger charge is -2.32. The van der Waals surface area contributed by atoms with Crippen LogP contribution in [0.2, 0.25) is 0 Å². The van der Waals surface area contributed by atoms with Crippen LogP contribution in [-0.2, 0) is 54.5 Å². The van der Waals surface area contributed by atoms with Gasteiger partial charge in [-0.1, -0.05) is 72.8 Å². The molecule has 2 heterocycles. The fourth-order valence-corrected chi connectivity index (χ4v) is 10.9. The first kappa shape index (κ1) is 55.2. The van der Waals surface area contributed by atoms with E-state index in [4.69, 9.17) is 9.47 Å². The molecular weight excluding hydrogens is 961 g/mol. The van der Waals surface area contributed by atoms with Crippen LogP contribution in [0.3, 0.4) is 0 Å². The van der Waals surface area contributed by atoms with Gasteiger partial charge in [-0.3, -0.25) is 28.8 Å². The number of likely N-dealkylation sites (tertiary alicyclic amines) is 2. The molecule has 0 aromatic heterocycles. The number of rotatable bonds is 22. The fraction of sp³-hybridized carbons (Fsp3) is 0.467. The minimum Gasteiger partial charge on any atom is -0.490 e. The van der Waals surface area contributed by atoms with Crippen molar-refractivity contribution in [3.8, 4) is 11.5 Å². The molecule has 2 unspecified atom stereocenters. The third kappa shape index (κ3) is 14.1. The van der Waals surface area contributed by atoms with E-state index in [0.29, 0.717) is 50.3 Å². The summed E-state index contributed by atoms with van der Waals surface area (Å²) in [6.07, 6.45) is 12.4. The Morgan fingerprint density at radius 1 is 0.539 bits per heavy atom. The summed E-state index contributed by atoms with van der Waals surface area (Å²) >= 11 is 0. The molecule has 16 nitrogen and oxygen atoms in total. The van der Waals surface area contributed by atoms with Gasteiger partial charge < -0.3 is 51.2 Å². The van der Waals surface area contributed by atoms with Crippen LogP contribution in [0, 0.1) is 0 Å². The molecule has 16 heteroatoms. The molecule has 4 aliphatic rings. The van der Waals surface area contributed by atoms with Crippen molar-refractivity contribution in [2.45, 2.75) is 139 Å². The van der Waals surface area contributed by atoms with Crippen molar-refractivity contribution in [2.24, 2.45) is 0 Å². The quantitative estimate of drug-likeness (QED) is 0.0559. The molecule has 404 valence electrons. The lowest BCUT2D eigenvalue weighted by molar-refractivity contribution is -0.141. The molecule has 8 rings (SSSR count). The van der Waals surface area contributed by atoms with Crippen LogP contribution in [0.1, 0.15) is 111 Å². The van der Waals surface area contributed by atoms with Crippen LogP contribution < -0.4 is 41.4 Å². The van der Waals surface area contributed by atoms with Gasteiger partial charge in [-0.25, -0.2) is 0 Å². The molecule has 0 spiro atoms. The SMILES string of the molecule is CN[C@@H](C)C(=O)N[C@@H](Cc1ccc(OC/C=C\COc2ccc(C[C@H](NC(=O)[C@H](C)NC)C(=O)N3CCCC3C(=O)N[C@@H]3CCCc4ccccc43)cc2)cc1)C(=O)N1CCCC1C(=O)N[C@@H]1CCCc2ccccc21. The van der Waals surface area contributed by atoms with Gasteiger partial charge >= 0.3 is 0 Å². The Balaban J connectivity index is 0.813. The topological polar surface area (TPSA) is 200 Å². The van der Waals surface area contributed by atoms with Crippen LogP contribution in [0.25, 0.3) is 0 Å². The highest BCUT2D eigenvalue weighted by Crippen LogP contribution is 2.32. The first-order valence-electron chi connectivity index (χ1n) is 27.3. The van der Waals surface area contributed by atoms with Gasteiger partial charge in [0.25, 0.3) is 0 Å². The molecule has 4 aromatic rings. The summed E-state index contributed by atoms with van der Waals surface area (Å²) in [5, 5.41) is 18.3. The van der Waals surface area contributed by atoms with E-state index in [1.807, 2.05) is 84.9 Å². The van der Waals surface area contributed by atoms with E-state index in [-0.39, 0.29) is 73.6 Å². The number of likely N-dealkylation sites (N-methyl/N-ethyl adjacent to an activating group) is 2. The summed E-state index contributed by atoms with van der Waals surface area (Å²) in [5.74, 6) is -0.223. The summed E-state index contributed by atoms with van der Waals surface area (Å²) in [7, 11) is 3.38. The molecule has 2 aliphatic heterocycles. The molecule has 6 N–H and O–H groups in total. The molecule has 0 bridgehead atoms. The van der Waals surface area contributed by atoms with Crippen molar-refractivity contribution in [1.29, 1.82) is 0 Å². The Bertz CT molecular complexity index is 2500. The van der Waals surface area contributed by atoms with Crippen molar-refractivity contribution < 1.29 is 38.2 Å². The lowest BCUT2D eigenvalue weighted by Crippen LogP contribution is -2.56. The van der Waals surface area contributed by atoms with E-state index in [0.717, 1.165) is 60.8 Å². The number of aryl methyl sites for hydroxylation is 2. The van der Waals surface area contributed by atoms with E-state index in [1.165, 1.54) is 11.1 Å². The summed E-state index contributed by atoms with van der Waals surface area (Å²) in [6, 6.07) is 27.0. The molecule has 8 atom stereocenters. The fourth-order valence-electron chi connectivity index (χ4n) is 10.9. The highest BCUT2D eigenvalue weighted by atomic mass is 16.5. The maximum absolute atomic E-state index is 14.3. The first-order chi connectivity index (χ1) is 36.9. The number of nitrogens with zero attached hydrogens (tertiary/aromatic N) is 2. The Morgan fingerprint density at radius 3 is 1.33 bits per heavy atom. The molecule has 0 saturated carbocycles. The van der Waals surface area contributed by atoms with Gasteiger partial charge in [0, 0.05) is 25.9 Å². The van der Waals surface area contributed by atoms with Crippen molar-refractivity contribution in [2.75, 3.05) is 40.4 Å². The second-order valence-corrected chi connectivity index (χ2v) is 20.6. The summed E-state index contributed by atoms with van der Waals surface area (Å²) in [5.41, 5.74) is 6.43. The number of carbonyl (C=O) groups excluding carboxylic acids is 6. The van der Waals surface area contributed by atoms with Gasteiger partial charge in [-0.15, -0.1) is 0 Å². The maximum Gasteiger partial charge on any atom is 0.246 e. The predicted molar refractivity (Wildman–Crippen MR) is 291 cm³/mol. The first-order valence-corrected chi connectivity index (χ1v) is 27.3. The summed E-state index contributed by atoms with van der Waals surface area (Å²) in [4.78, 5) is 85.8. The standard InChI is InChI=1S/C60H76N8O8/c1-39(61-3)55(69)65-51(59(73)67-33-13-23-53(67)57(71)63-49-21-11-17-43-15-5-7-19-47(43)49)37-41-25-29-45(30-26-41)75-35-9-10-36-76-46-31-27-42(28-32-46)38-52(66-56(70)40(2)62-4)60(74)68-34-14-24-54(68)58(72)64-50-22-12-18-44-16-6-8-20-48(44)50/h5-10,15-16,19-20,25-32,39-40,49-54,61-62H,11-14,17-18,21-24,33-38H2,1-4H3,(H,63,71)(H,64,72)(H,65,69)(H,66,70)/b10-9-/t39-,40-,49+,50+,51-,52-,53?,54?/m0/s1. The molecule has 2 fully saturated rings. The third-order valence-corrected chi connectivity index (χ3v) is 15.5. The van der Waals surface area contributed by atoms with Gasteiger partial charge in [0.15, 0.2) is 0 Å². The zero-order valence-corrected chi connectivity index (χ0v) is 44.5. The molecule has 0 radical (unpaired) electrons. The number of amides is 6.